The van der Waals surface area contributed by atoms with Gasteiger partial charge in [-0.25, -0.2) is 0 Å². The maximum atomic E-state index is 12.6. The molecule has 1 aromatic carbocycles. The Morgan fingerprint density at radius 2 is 2.19 bits per heavy atom. The molecule has 1 aliphatic rings. The molecule has 1 aliphatic carbocycles. The number of halogens is 1. The molecular weight excluding hydrogens is 334 g/mol. The van der Waals surface area contributed by atoms with Gasteiger partial charge in [-0.05, 0) is 43.4 Å². The summed E-state index contributed by atoms with van der Waals surface area (Å²) in [6.07, 6.45) is 1.56. The lowest BCUT2D eigenvalue weighted by molar-refractivity contribution is -0.146. The second-order valence-electron chi connectivity index (χ2n) is 5.62. The van der Waals surface area contributed by atoms with E-state index < -0.39 is 5.97 Å². The molecule has 1 amide bonds. The zero-order valence-electron chi connectivity index (χ0n) is 12.3. The van der Waals surface area contributed by atoms with Crippen molar-refractivity contribution in [2.45, 2.75) is 38.6 Å². The first-order valence-corrected chi connectivity index (χ1v) is 8.01. The van der Waals surface area contributed by atoms with Crippen LogP contribution in [-0.4, -0.2) is 34.5 Å². The Labute approximate surface area is 133 Å². The van der Waals surface area contributed by atoms with Crippen molar-refractivity contribution in [3.05, 3.63) is 34.3 Å². The lowest BCUT2D eigenvalue weighted by Gasteiger charge is -2.27. The van der Waals surface area contributed by atoms with Gasteiger partial charge in [-0.2, -0.15) is 0 Å². The number of carboxylic acid groups (broad SMARTS) is 1. The first-order chi connectivity index (χ1) is 9.93. The Morgan fingerprint density at radius 3 is 2.76 bits per heavy atom. The molecular formula is C16H20BrNO3. The van der Waals surface area contributed by atoms with Crippen LogP contribution in [0, 0.1) is 5.92 Å². The lowest BCUT2D eigenvalue weighted by Crippen LogP contribution is -2.42. The van der Waals surface area contributed by atoms with E-state index in [1.807, 2.05) is 38.1 Å². The average Bonchev–Trinajstić information content (AvgIpc) is 3.23. The van der Waals surface area contributed by atoms with Gasteiger partial charge in [0.2, 0.25) is 5.91 Å². The number of nitrogens with zero attached hydrogens (tertiary/aromatic N) is 1. The molecule has 1 fully saturated rings. The SMILES string of the molecule is CCC(C)N(CC(=O)O)C(=O)C1CC1c1cccc(Br)c1. The third kappa shape index (κ3) is 3.84. The zero-order valence-corrected chi connectivity index (χ0v) is 13.8. The molecule has 21 heavy (non-hydrogen) atoms. The number of amides is 1. The number of carbonyl (C=O) groups excluding carboxylic acids is 1. The van der Waals surface area contributed by atoms with Gasteiger partial charge in [-0.15, -0.1) is 0 Å². The van der Waals surface area contributed by atoms with E-state index in [1.54, 1.807) is 0 Å². The van der Waals surface area contributed by atoms with Crippen molar-refractivity contribution >= 4 is 27.8 Å². The predicted molar refractivity (Wildman–Crippen MR) is 84.1 cm³/mol. The van der Waals surface area contributed by atoms with E-state index in [9.17, 15) is 9.59 Å². The Hall–Kier alpha value is -1.36. The molecule has 0 radical (unpaired) electrons. The van der Waals surface area contributed by atoms with Crippen molar-refractivity contribution in [3.63, 3.8) is 0 Å². The number of rotatable bonds is 6. The molecule has 1 saturated carbocycles. The standard InChI is InChI=1S/C16H20BrNO3/c1-3-10(2)18(9-15(19)20)16(21)14-8-13(14)11-5-4-6-12(17)7-11/h4-7,10,13-14H,3,8-9H2,1-2H3,(H,19,20). The monoisotopic (exact) mass is 353 g/mol. The summed E-state index contributed by atoms with van der Waals surface area (Å²) in [4.78, 5) is 25.0. The van der Waals surface area contributed by atoms with Crippen molar-refractivity contribution in [2.24, 2.45) is 5.92 Å². The topological polar surface area (TPSA) is 57.6 Å². The van der Waals surface area contributed by atoms with Crippen LogP contribution in [0.15, 0.2) is 28.7 Å². The highest BCUT2D eigenvalue weighted by Gasteiger charge is 2.46. The third-order valence-corrected chi connectivity index (χ3v) is 4.59. The van der Waals surface area contributed by atoms with Gasteiger partial charge in [0, 0.05) is 16.4 Å². The fourth-order valence-electron chi connectivity index (χ4n) is 2.60. The summed E-state index contributed by atoms with van der Waals surface area (Å²) in [5.41, 5.74) is 1.14. The molecule has 0 spiro atoms. The Kier molecular flexibility index (Phi) is 5.04. The van der Waals surface area contributed by atoms with E-state index in [2.05, 4.69) is 15.9 Å². The normalized spacial score (nSPS) is 21.7. The molecule has 5 heteroatoms. The second-order valence-corrected chi connectivity index (χ2v) is 6.54. The molecule has 114 valence electrons. The van der Waals surface area contributed by atoms with Crippen molar-refractivity contribution in [3.8, 4) is 0 Å². The Morgan fingerprint density at radius 1 is 1.48 bits per heavy atom. The lowest BCUT2D eigenvalue weighted by atomic mass is 10.1. The number of carbonyl (C=O) groups is 2. The molecule has 1 aromatic rings. The summed E-state index contributed by atoms with van der Waals surface area (Å²) in [5.74, 6) is -0.844. The minimum Gasteiger partial charge on any atom is -0.480 e. The molecule has 0 heterocycles. The maximum Gasteiger partial charge on any atom is 0.323 e. The van der Waals surface area contributed by atoms with Gasteiger partial charge >= 0.3 is 5.97 Å². The van der Waals surface area contributed by atoms with Crippen LogP contribution in [0.4, 0.5) is 0 Å². The van der Waals surface area contributed by atoms with Crippen molar-refractivity contribution in [1.29, 1.82) is 0 Å². The molecule has 3 atom stereocenters. The summed E-state index contributed by atoms with van der Waals surface area (Å²) in [6.45, 7) is 3.65. The van der Waals surface area contributed by atoms with Crippen LogP contribution in [0.2, 0.25) is 0 Å². The summed E-state index contributed by atoms with van der Waals surface area (Å²) in [6, 6.07) is 7.93. The number of benzene rings is 1. The quantitative estimate of drug-likeness (QED) is 0.853. The van der Waals surface area contributed by atoms with Gasteiger partial charge in [0.1, 0.15) is 6.54 Å². The van der Waals surface area contributed by atoms with Gasteiger partial charge in [-0.1, -0.05) is 35.0 Å². The second kappa shape index (κ2) is 6.60. The van der Waals surface area contributed by atoms with Gasteiger partial charge in [-0.3, -0.25) is 9.59 Å². The van der Waals surface area contributed by atoms with Crippen LogP contribution in [0.1, 0.15) is 38.2 Å². The van der Waals surface area contributed by atoms with Crippen molar-refractivity contribution in [1.82, 2.24) is 4.90 Å². The van der Waals surface area contributed by atoms with Crippen LogP contribution in [-0.2, 0) is 9.59 Å². The predicted octanol–water partition coefficient (Wildman–Crippen LogP) is 3.26. The summed E-state index contributed by atoms with van der Waals surface area (Å²) in [5, 5.41) is 9.00. The molecule has 0 saturated heterocycles. The van der Waals surface area contributed by atoms with Gasteiger partial charge < -0.3 is 10.0 Å². The zero-order chi connectivity index (χ0) is 15.6. The van der Waals surface area contributed by atoms with Crippen LogP contribution >= 0.6 is 15.9 Å². The Bertz CT molecular complexity index is 546. The highest BCUT2D eigenvalue weighted by atomic mass is 79.9. The van der Waals surface area contributed by atoms with E-state index >= 15 is 0 Å². The van der Waals surface area contributed by atoms with E-state index in [1.165, 1.54) is 4.90 Å². The van der Waals surface area contributed by atoms with E-state index in [4.69, 9.17) is 5.11 Å². The first kappa shape index (κ1) is 16.0. The first-order valence-electron chi connectivity index (χ1n) is 7.21. The van der Waals surface area contributed by atoms with Gasteiger partial charge in [0.15, 0.2) is 0 Å². The van der Waals surface area contributed by atoms with Crippen LogP contribution < -0.4 is 0 Å². The summed E-state index contributed by atoms with van der Waals surface area (Å²) >= 11 is 3.44. The summed E-state index contributed by atoms with van der Waals surface area (Å²) < 4.78 is 1.00. The largest absolute Gasteiger partial charge is 0.480 e. The van der Waals surface area contributed by atoms with Crippen LogP contribution in [0.3, 0.4) is 0 Å². The fourth-order valence-corrected chi connectivity index (χ4v) is 3.02. The highest BCUT2D eigenvalue weighted by Crippen LogP contribution is 2.49. The molecule has 4 nitrogen and oxygen atoms in total. The number of hydrogen-bond acceptors (Lipinski definition) is 2. The number of aliphatic carboxylic acids is 1. The smallest absolute Gasteiger partial charge is 0.323 e. The van der Waals surface area contributed by atoms with Crippen LogP contribution in [0.5, 0.6) is 0 Å². The van der Waals surface area contributed by atoms with E-state index in [0.717, 1.165) is 22.9 Å². The molecule has 0 aliphatic heterocycles. The number of carboxylic acids is 1. The minimum atomic E-state index is -0.955. The molecule has 3 unspecified atom stereocenters. The third-order valence-electron chi connectivity index (χ3n) is 4.10. The Balaban J connectivity index is 2.07. The van der Waals surface area contributed by atoms with Crippen molar-refractivity contribution < 1.29 is 14.7 Å². The number of hydrogen-bond donors (Lipinski definition) is 1. The van der Waals surface area contributed by atoms with E-state index in [0.29, 0.717) is 0 Å². The molecule has 0 bridgehead atoms. The van der Waals surface area contributed by atoms with Crippen molar-refractivity contribution in [2.75, 3.05) is 6.54 Å². The molecule has 2 rings (SSSR count). The van der Waals surface area contributed by atoms with Gasteiger partial charge in [0.25, 0.3) is 0 Å². The maximum absolute atomic E-state index is 12.6. The van der Waals surface area contributed by atoms with Crippen LogP contribution in [0.25, 0.3) is 0 Å². The molecule has 0 aromatic heterocycles. The minimum absolute atomic E-state index is 0.0308. The van der Waals surface area contributed by atoms with Gasteiger partial charge in [0.05, 0.1) is 0 Å². The summed E-state index contributed by atoms with van der Waals surface area (Å²) in [7, 11) is 0. The molecule has 1 N–H and O–H groups in total. The fraction of sp³-hybridized carbons (Fsp3) is 0.500. The van der Waals surface area contributed by atoms with E-state index in [-0.39, 0.29) is 30.3 Å². The highest BCUT2D eigenvalue weighted by molar-refractivity contribution is 9.10. The average molecular weight is 354 g/mol.